The second-order valence-electron chi connectivity index (χ2n) is 16.9. The molecular formula is C62H40N2O. The van der Waals surface area contributed by atoms with Crippen molar-refractivity contribution < 1.29 is 4.42 Å². The normalized spacial score (nSPS) is 11.7. The third kappa shape index (κ3) is 6.20. The van der Waals surface area contributed by atoms with Gasteiger partial charge in [-0.2, -0.15) is 0 Å². The fourth-order valence-corrected chi connectivity index (χ4v) is 10.0. The molecule has 0 amide bonds. The molecule has 3 heteroatoms. The first-order chi connectivity index (χ1) is 32.2. The number of hydrogen-bond acceptors (Lipinski definition) is 2. The molecule has 0 unspecified atom stereocenters. The Bertz CT molecular complexity index is 3880. The van der Waals surface area contributed by atoms with Gasteiger partial charge in [0.25, 0.3) is 0 Å². The van der Waals surface area contributed by atoms with Crippen LogP contribution in [0, 0.1) is 0 Å². The van der Waals surface area contributed by atoms with Crippen LogP contribution >= 0.6 is 0 Å². The van der Waals surface area contributed by atoms with Gasteiger partial charge in [-0.3, -0.25) is 0 Å². The molecule has 13 aromatic rings. The van der Waals surface area contributed by atoms with Crippen LogP contribution < -0.4 is 4.90 Å². The molecule has 0 spiro atoms. The summed E-state index contributed by atoms with van der Waals surface area (Å²) in [5, 5.41) is 9.67. The minimum absolute atomic E-state index is 0.866. The molecular weight excluding hydrogens is 789 g/mol. The van der Waals surface area contributed by atoms with Crippen LogP contribution in [0.25, 0.3) is 104 Å². The molecule has 0 saturated heterocycles. The predicted molar refractivity (Wildman–Crippen MR) is 274 cm³/mol. The maximum atomic E-state index is 6.82. The van der Waals surface area contributed by atoms with Crippen molar-refractivity contribution in [2.45, 2.75) is 0 Å². The monoisotopic (exact) mass is 828 g/mol. The van der Waals surface area contributed by atoms with Crippen LogP contribution in [0.1, 0.15) is 0 Å². The Balaban J connectivity index is 0.995. The molecule has 0 radical (unpaired) electrons. The van der Waals surface area contributed by atoms with E-state index in [2.05, 4.69) is 246 Å². The fraction of sp³-hybridized carbons (Fsp3) is 0. The number of nitrogens with zero attached hydrogens (tertiary/aromatic N) is 2. The van der Waals surface area contributed by atoms with Crippen LogP contribution in [0.4, 0.5) is 17.1 Å². The zero-order valence-electron chi connectivity index (χ0n) is 35.4. The molecule has 0 aliphatic carbocycles. The van der Waals surface area contributed by atoms with Crippen molar-refractivity contribution in [3.05, 3.63) is 243 Å². The second kappa shape index (κ2) is 15.0. The lowest BCUT2D eigenvalue weighted by atomic mass is 9.97. The summed E-state index contributed by atoms with van der Waals surface area (Å²) in [6, 6.07) is 87.7. The average molecular weight is 829 g/mol. The second-order valence-corrected chi connectivity index (χ2v) is 16.9. The van der Waals surface area contributed by atoms with E-state index in [9.17, 15) is 0 Å². The molecule has 0 saturated carbocycles. The number of fused-ring (bicyclic) bond motifs is 9. The van der Waals surface area contributed by atoms with Gasteiger partial charge in [-0.25, -0.2) is 0 Å². The zero-order valence-corrected chi connectivity index (χ0v) is 35.4. The Kier molecular flexibility index (Phi) is 8.53. The lowest BCUT2D eigenvalue weighted by molar-refractivity contribution is 0.670. The van der Waals surface area contributed by atoms with E-state index in [1.54, 1.807) is 0 Å². The van der Waals surface area contributed by atoms with Gasteiger partial charge in [-0.05, 0) is 122 Å². The van der Waals surface area contributed by atoms with Gasteiger partial charge in [0.2, 0.25) is 0 Å². The Morgan fingerprint density at radius 2 is 0.846 bits per heavy atom. The van der Waals surface area contributed by atoms with Crippen LogP contribution in [0.15, 0.2) is 247 Å². The third-order valence-electron chi connectivity index (χ3n) is 13.2. The fourth-order valence-electron chi connectivity index (χ4n) is 10.0. The lowest BCUT2D eigenvalue weighted by Crippen LogP contribution is -2.10. The van der Waals surface area contributed by atoms with E-state index in [4.69, 9.17) is 4.42 Å². The van der Waals surface area contributed by atoms with Crippen molar-refractivity contribution >= 4 is 82.4 Å². The van der Waals surface area contributed by atoms with Crippen molar-refractivity contribution in [3.8, 4) is 39.1 Å². The first kappa shape index (κ1) is 36.9. The highest BCUT2D eigenvalue weighted by Crippen LogP contribution is 2.45. The van der Waals surface area contributed by atoms with Crippen LogP contribution in [0.5, 0.6) is 0 Å². The summed E-state index contributed by atoms with van der Waals surface area (Å²) >= 11 is 0. The first-order valence-corrected chi connectivity index (χ1v) is 22.2. The molecule has 0 N–H and O–H groups in total. The summed E-state index contributed by atoms with van der Waals surface area (Å²) in [5.74, 6) is 0. The topological polar surface area (TPSA) is 21.3 Å². The molecule has 13 rings (SSSR count). The van der Waals surface area contributed by atoms with Gasteiger partial charge in [0.1, 0.15) is 11.2 Å². The zero-order chi connectivity index (χ0) is 42.8. The summed E-state index contributed by atoms with van der Waals surface area (Å²) in [5.41, 5.74) is 15.2. The molecule has 304 valence electrons. The highest BCUT2D eigenvalue weighted by atomic mass is 16.3. The number of anilines is 3. The van der Waals surface area contributed by atoms with Crippen LogP contribution in [0.2, 0.25) is 0 Å². The number of aromatic nitrogens is 1. The standard InChI is InChI=1S/C62H40N2O/c1-2-13-41(14-3-1)42-29-33-48(34-30-42)63(49-35-31-43(32-36-49)46-28-27-45-26-25-44-15-4-5-18-52(44)56(45)38-46)51-39-57(62-58(40-51)55-21-8-11-24-61(55)65-62)47-16-12-17-50(37-47)64-59-22-9-6-19-53(59)54-20-7-10-23-60(54)64/h1-40H. The first-order valence-electron chi connectivity index (χ1n) is 22.2. The lowest BCUT2D eigenvalue weighted by Gasteiger charge is -2.27. The largest absolute Gasteiger partial charge is 0.455 e. The van der Waals surface area contributed by atoms with E-state index < -0.39 is 0 Å². The molecule has 0 atom stereocenters. The maximum Gasteiger partial charge on any atom is 0.143 e. The Labute approximate surface area is 376 Å². The maximum absolute atomic E-state index is 6.82. The van der Waals surface area contributed by atoms with E-state index >= 15 is 0 Å². The Morgan fingerprint density at radius 3 is 1.57 bits per heavy atom. The van der Waals surface area contributed by atoms with Crippen LogP contribution in [-0.2, 0) is 0 Å². The number of rotatable bonds is 7. The molecule has 2 heterocycles. The molecule has 0 aliphatic rings. The van der Waals surface area contributed by atoms with Gasteiger partial charge in [0, 0.05) is 49.9 Å². The number of para-hydroxylation sites is 3. The van der Waals surface area contributed by atoms with Crippen LogP contribution in [-0.4, -0.2) is 4.57 Å². The number of benzene rings is 11. The van der Waals surface area contributed by atoms with Gasteiger partial charge in [-0.1, -0.05) is 170 Å². The van der Waals surface area contributed by atoms with Gasteiger partial charge >= 0.3 is 0 Å². The van der Waals surface area contributed by atoms with E-state index in [0.717, 1.165) is 55.8 Å². The van der Waals surface area contributed by atoms with Gasteiger partial charge in [0.15, 0.2) is 0 Å². The van der Waals surface area contributed by atoms with Gasteiger partial charge in [-0.15, -0.1) is 0 Å². The van der Waals surface area contributed by atoms with E-state index in [1.165, 1.54) is 65.6 Å². The van der Waals surface area contributed by atoms with E-state index in [1.807, 2.05) is 6.07 Å². The smallest absolute Gasteiger partial charge is 0.143 e. The van der Waals surface area contributed by atoms with Crippen LogP contribution in [0.3, 0.4) is 0 Å². The summed E-state index contributed by atoms with van der Waals surface area (Å²) in [6.45, 7) is 0. The minimum Gasteiger partial charge on any atom is -0.455 e. The van der Waals surface area contributed by atoms with Crippen molar-refractivity contribution in [3.63, 3.8) is 0 Å². The minimum atomic E-state index is 0.866. The Morgan fingerprint density at radius 1 is 0.308 bits per heavy atom. The molecule has 0 bridgehead atoms. The summed E-state index contributed by atoms with van der Waals surface area (Å²) in [6.07, 6.45) is 0. The molecule has 0 fully saturated rings. The highest BCUT2D eigenvalue weighted by molar-refractivity contribution is 6.13. The molecule has 2 aromatic heterocycles. The third-order valence-corrected chi connectivity index (χ3v) is 13.2. The summed E-state index contributed by atoms with van der Waals surface area (Å²) in [7, 11) is 0. The van der Waals surface area contributed by atoms with E-state index in [-0.39, 0.29) is 0 Å². The summed E-state index contributed by atoms with van der Waals surface area (Å²) < 4.78 is 9.20. The molecule has 0 aliphatic heterocycles. The summed E-state index contributed by atoms with van der Waals surface area (Å²) in [4.78, 5) is 2.38. The molecule has 11 aromatic carbocycles. The predicted octanol–water partition coefficient (Wildman–Crippen LogP) is 17.5. The molecule has 65 heavy (non-hydrogen) atoms. The highest BCUT2D eigenvalue weighted by Gasteiger charge is 2.21. The quantitative estimate of drug-likeness (QED) is 0.149. The Hall–Kier alpha value is -8.66. The van der Waals surface area contributed by atoms with Crippen molar-refractivity contribution in [2.24, 2.45) is 0 Å². The van der Waals surface area contributed by atoms with Gasteiger partial charge < -0.3 is 13.9 Å². The van der Waals surface area contributed by atoms with Gasteiger partial charge in [0.05, 0.1) is 11.0 Å². The van der Waals surface area contributed by atoms with E-state index in [0.29, 0.717) is 0 Å². The number of furan rings is 1. The SMILES string of the molecule is c1ccc(-c2ccc(N(c3ccc(-c4ccc5ccc6ccccc6c5c4)cc3)c3cc(-c4cccc(-n5c6ccccc6c6ccccc65)c4)c4oc5ccccc5c4c3)cc2)cc1. The van der Waals surface area contributed by atoms with Crippen molar-refractivity contribution in [1.82, 2.24) is 4.57 Å². The van der Waals surface area contributed by atoms with Crippen molar-refractivity contribution in [1.29, 1.82) is 0 Å². The average Bonchev–Trinajstić information content (AvgIpc) is 3.93. The number of hydrogen-bond donors (Lipinski definition) is 0. The molecule has 3 nitrogen and oxygen atoms in total. The van der Waals surface area contributed by atoms with Crippen molar-refractivity contribution in [2.75, 3.05) is 4.90 Å².